The van der Waals surface area contributed by atoms with Crippen LogP contribution in [0.5, 0.6) is 5.75 Å². The fraction of sp³-hybridized carbons (Fsp3) is 0.0625. The molecular formula is C16H13ClO3. The molecule has 3 nitrogen and oxygen atoms in total. The van der Waals surface area contributed by atoms with Crippen molar-refractivity contribution < 1.29 is 14.6 Å². The molecule has 0 fully saturated rings. The molecule has 0 aliphatic carbocycles. The molecule has 0 spiro atoms. The second-order valence-electron chi connectivity index (χ2n) is 4.17. The number of hydrogen-bond acceptors (Lipinski definition) is 3. The Morgan fingerprint density at radius 3 is 2.50 bits per heavy atom. The molecule has 2 aromatic carbocycles. The minimum Gasteiger partial charge on any atom is -0.507 e. The minimum atomic E-state index is -0.614. The van der Waals surface area contributed by atoms with Crippen LogP contribution in [0.15, 0.2) is 55.1 Å². The number of ether oxygens (including phenoxy) is 1. The molecule has 0 aromatic heterocycles. The first-order chi connectivity index (χ1) is 9.59. The highest BCUT2D eigenvalue weighted by Crippen LogP contribution is 2.31. The summed E-state index contributed by atoms with van der Waals surface area (Å²) in [6, 6.07) is 13.9. The van der Waals surface area contributed by atoms with Gasteiger partial charge in [-0.1, -0.05) is 54.6 Å². The predicted molar refractivity (Wildman–Crippen MR) is 78.4 cm³/mol. The summed E-state index contributed by atoms with van der Waals surface area (Å²) in [6.07, 6.45) is 0. The number of esters is 1. The van der Waals surface area contributed by atoms with Gasteiger partial charge in [-0.25, -0.2) is 4.79 Å². The van der Waals surface area contributed by atoms with Gasteiger partial charge in [0.25, 0.3) is 0 Å². The Balaban J connectivity index is 2.08. The van der Waals surface area contributed by atoms with Gasteiger partial charge >= 0.3 is 5.97 Å². The van der Waals surface area contributed by atoms with Gasteiger partial charge in [0, 0.05) is 5.56 Å². The van der Waals surface area contributed by atoms with Gasteiger partial charge in [0.15, 0.2) is 0 Å². The molecule has 0 saturated heterocycles. The van der Waals surface area contributed by atoms with E-state index in [2.05, 4.69) is 6.58 Å². The van der Waals surface area contributed by atoms with Crippen LogP contribution in [0.4, 0.5) is 0 Å². The maximum Gasteiger partial charge on any atom is 0.338 e. The van der Waals surface area contributed by atoms with E-state index in [0.29, 0.717) is 0 Å². The van der Waals surface area contributed by atoms with Gasteiger partial charge in [-0.3, -0.25) is 0 Å². The number of benzene rings is 2. The number of phenolic OH excluding ortho intramolecular Hbond substituents is 1. The van der Waals surface area contributed by atoms with Crippen LogP contribution < -0.4 is 0 Å². The smallest absolute Gasteiger partial charge is 0.338 e. The van der Waals surface area contributed by atoms with E-state index in [1.54, 1.807) is 12.1 Å². The Bertz CT molecular complexity index is 615. The fourth-order valence-corrected chi connectivity index (χ4v) is 2.01. The Kier molecular flexibility index (Phi) is 4.43. The zero-order valence-corrected chi connectivity index (χ0v) is 11.4. The van der Waals surface area contributed by atoms with E-state index in [1.165, 1.54) is 6.07 Å². The van der Waals surface area contributed by atoms with E-state index in [4.69, 9.17) is 16.3 Å². The molecule has 0 aliphatic heterocycles. The summed E-state index contributed by atoms with van der Waals surface area (Å²) in [5.74, 6) is -0.712. The lowest BCUT2D eigenvalue weighted by molar-refractivity contribution is -0.137. The summed E-state index contributed by atoms with van der Waals surface area (Å²) in [5.41, 5.74) is 1.10. The number of rotatable bonds is 4. The van der Waals surface area contributed by atoms with Crippen molar-refractivity contribution >= 4 is 23.1 Å². The maximum absolute atomic E-state index is 11.9. The highest BCUT2D eigenvalue weighted by molar-refractivity contribution is 6.34. The van der Waals surface area contributed by atoms with Crippen molar-refractivity contribution in [3.63, 3.8) is 0 Å². The maximum atomic E-state index is 11.9. The number of carbonyl (C=O) groups excluding carboxylic acids is 1. The molecule has 2 rings (SSSR count). The number of phenols is 1. The summed E-state index contributed by atoms with van der Waals surface area (Å²) in [6.45, 7) is 3.78. The quantitative estimate of drug-likeness (QED) is 0.687. The monoisotopic (exact) mass is 288 g/mol. The Labute approximate surface area is 122 Å². The highest BCUT2D eigenvalue weighted by atomic mass is 35.5. The Morgan fingerprint density at radius 2 is 1.85 bits per heavy atom. The summed E-state index contributed by atoms with van der Waals surface area (Å²) in [7, 11) is 0. The predicted octanol–water partition coefficient (Wildman–Crippen LogP) is 3.80. The molecule has 0 saturated carbocycles. The van der Waals surface area contributed by atoms with Gasteiger partial charge in [0.05, 0.1) is 10.6 Å². The first-order valence-electron chi connectivity index (χ1n) is 5.97. The van der Waals surface area contributed by atoms with Gasteiger partial charge in [-0.05, 0) is 17.7 Å². The van der Waals surface area contributed by atoms with Crippen molar-refractivity contribution in [1.29, 1.82) is 0 Å². The van der Waals surface area contributed by atoms with Crippen LogP contribution in [-0.2, 0) is 16.1 Å². The van der Waals surface area contributed by atoms with Crippen molar-refractivity contribution in [2.24, 2.45) is 0 Å². The summed E-state index contributed by atoms with van der Waals surface area (Å²) in [5, 5.41) is 10.00. The van der Waals surface area contributed by atoms with Crippen LogP contribution in [0.1, 0.15) is 11.1 Å². The van der Waals surface area contributed by atoms with Gasteiger partial charge in [-0.2, -0.15) is 0 Å². The highest BCUT2D eigenvalue weighted by Gasteiger charge is 2.17. The molecule has 0 atom stereocenters. The molecule has 0 radical (unpaired) electrons. The topological polar surface area (TPSA) is 46.5 Å². The third kappa shape index (κ3) is 3.19. The van der Waals surface area contributed by atoms with E-state index in [0.717, 1.165) is 5.56 Å². The third-order valence-corrected chi connectivity index (χ3v) is 3.07. The summed E-state index contributed by atoms with van der Waals surface area (Å²) in [4.78, 5) is 11.9. The van der Waals surface area contributed by atoms with Crippen LogP contribution in [0.25, 0.3) is 5.57 Å². The molecule has 0 aliphatic rings. The average Bonchev–Trinajstić information content (AvgIpc) is 2.45. The zero-order valence-electron chi connectivity index (χ0n) is 10.7. The molecule has 0 heterocycles. The number of hydrogen-bond donors (Lipinski definition) is 1. The molecule has 4 heteroatoms. The van der Waals surface area contributed by atoms with Gasteiger partial charge < -0.3 is 9.84 Å². The molecule has 0 bridgehead atoms. The zero-order chi connectivity index (χ0) is 14.5. The number of carbonyl (C=O) groups is 1. The van der Waals surface area contributed by atoms with Crippen LogP contribution in [0.3, 0.4) is 0 Å². The van der Waals surface area contributed by atoms with E-state index >= 15 is 0 Å². The number of aromatic hydroxyl groups is 1. The van der Waals surface area contributed by atoms with Crippen LogP contribution in [-0.4, -0.2) is 11.1 Å². The van der Waals surface area contributed by atoms with Gasteiger partial charge in [-0.15, -0.1) is 0 Å². The lowest BCUT2D eigenvalue weighted by Gasteiger charge is -2.10. The van der Waals surface area contributed by atoms with Gasteiger partial charge in [0.2, 0.25) is 0 Å². The molecule has 20 heavy (non-hydrogen) atoms. The van der Waals surface area contributed by atoms with Crippen molar-refractivity contribution in [2.75, 3.05) is 0 Å². The average molecular weight is 289 g/mol. The molecule has 0 unspecified atom stereocenters. The fourth-order valence-electron chi connectivity index (χ4n) is 1.72. The summed E-state index contributed by atoms with van der Waals surface area (Å²) < 4.78 is 5.15. The van der Waals surface area contributed by atoms with Crippen molar-refractivity contribution in [3.05, 3.63) is 71.3 Å². The standard InChI is InChI=1S/C16H13ClO3/c1-11(15-13(17)8-5-9-14(15)18)16(19)20-10-12-6-3-2-4-7-12/h2-9,18H,1,10H2. The van der Waals surface area contributed by atoms with Crippen molar-refractivity contribution in [3.8, 4) is 5.75 Å². The van der Waals surface area contributed by atoms with Crippen molar-refractivity contribution in [2.45, 2.75) is 6.61 Å². The van der Waals surface area contributed by atoms with Crippen molar-refractivity contribution in [1.82, 2.24) is 0 Å². The number of halogens is 1. The van der Waals surface area contributed by atoms with Crippen LogP contribution in [0.2, 0.25) is 5.02 Å². The molecule has 2 aromatic rings. The Morgan fingerprint density at radius 1 is 1.15 bits per heavy atom. The first kappa shape index (κ1) is 14.2. The lowest BCUT2D eigenvalue weighted by atomic mass is 10.1. The summed E-state index contributed by atoms with van der Waals surface area (Å²) >= 11 is 5.96. The molecular weight excluding hydrogens is 276 g/mol. The van der Waals surface area contributed by atoms with E-state index in [9.17, 15) is 9.90 Å². The SMILES string of the molecule is C=C(C(=O)OCc1ccccc1)c1c(O)cccc1Cl. The Hall–Kier alpha value is -2.26. The molecule has 0 amide bonds. The van der Waals surface area contributed by atoms with Gasteiger partial charge in [0.1, 0.15) is 12.4 Å². The first-order valence-corrected chi connectivity index (χ1v) is 6.35. The second-order valence-corrected chi connectivity index (χ2v) is 4.58. The van der Waals surface area contributed by atoms with E-state index in [-0.39, 0.29) is 28.5 Å². The molecule has 102 valence electrons. The van der Waals surface area contributed by atoms with E-state index < -0.39 is 5.97 Å². The largest absolute Gasteiger partial charge is 0.507 e. The van der Waals surface area contributed by atoms with E-state index in [1.807, 2.05) is 30.3 Å². The molecule has 1 N–H and O–H groups in total. The second kappa shape index (κ2) is 6.26. The van der Waals surface area contributed by atoms with Crippen LogP contribution >= 0.6 is 11.6 Å². The normalized spacial score (nSPS) is 10.1. The lowest BCUT2D eigenvalue weighted by Crippen LogP contribution is -2.07. The third-order valence-electron chi connectivity index (χ3n) is 2.75. The van der Waals surface area contributed by atoms with Crippen LogP contribution in [0, 0.1) is 0 Å². The minimum absolute atomic E-state index is 0.0315.